The second-order valence-electron chi connectivity index (χ2n) is 5.60. The molecule has 1 aromatic carbocycles. The second-order valence-corrected chi connectivity index (χ2v) is 6.41. The topological polar surface area (TPSA) is 47.4 Å². The van der Waals surface area contributed by atoms with Crippen LogP contribution in [0, 0.1) is 0 Å². The van der Waals surface area contributed by atoms with Gasteiger partial charge >= 0.3 is 0 Å². The molecule has 2 heterocycles. The third-order valence-electron chi connectivity index (χ3n) is 4.06. The molecule has 3 rings (SSSR count). The number of nitrogens with zero attached hydrogens (tertiary/aromatic N) is 3. The van der Waals surface area contributed by atoms with Gasteiger partial charge in [0.1, 0.15) is 4.60 Å². The van der Waals surface area contributed by atoms with Crippen molar-refractivity contribution >= 4 is 32.5 Å². The first-order valence-electron chi connectivity index (χ1n) is 7.72. The fraction of sp³-hybridized carbons (Fsp3) is 0.158. The summed E-state index contributed by atoms with van der Waals surface area (Å²) in [5, 5.41) is 2.12. The van der Waals surface area contributed by atoms with Crippen molar-refractivity contribution < 1.29 is 4.84 Å². The van der Waals surface area contributed by atoms with E-state index in [-0.39, 0.29) is 5.43 Å². The van der Waals surface area contributed by atoms with Gasteiger partial charge in [0.25, 0.3) is 0 Å². The zero-order valence-corrected chi connectivity index (χ0v) is 15.7. The molecular weight excluding hydrogens is 382 g/mol. The van der Waals surface area contributed by atoms with Crippen LogP contribution < -0.4 is 5.43 Å². The molecule has 0 unspecified atom stereocenters. The molecule has 6 heteroatoms. The van der Waals surface area contributed by atoms with E-state index in [9.17, 15) is 4.79 Å². The summed E-state index contributed by atoms with van der Waals surface area (Å²) in [7, 11) is 3.26. The molecule has 0 spiro atoms. The number of hydrogen-bond donors (Lipinski definition) is 0. The molecule has 0 N–H and O–H groups in total. The summed E-state index contributed by atoms with van der Waals surface area (Å²) >= 11 is 3.40. The molecule has 5 nitrogen and oxygen atoms in total. The molecule has 0 saturated carbocycles. The standard InChI is InChI=1S/C19H18BrN3O2/c1-13(22(2)25-3)16-12-23(11-14-7-6-10-18(20)21-14)17-9-5-4-8-15(17)19(16)24/h4-10,12H,1,11H2,2-3H3. The maximum absolute atomic E-state index is 12.9. The summed E-state index contributed by atoms with van der Waals surface area (Å²) in [6.07, 6.45) is 1.81. The Morgan fingerprint density at radius 3 is 2.76 bits per heavy atom. The minimum Gasteiger partial charge on any atom is -0.341 e. The third-order valence-corrected chi connectivity index (χ3v) is 4.50. The SMILES string of the molecule is C=C(c1cn(Cc2cccc(Br)n2)c2ccccc2c1=O)N(C)OC. The highest BCUT2D eigenvalue weighted by Gasteiger charge is 2.14. The molecule has 0 saturated heterocycles. The van der Waals surface area contributed by atoms with Gasteiger partial charge in [-0.25, -0.2) is 4.98 Å². The first-order valence-corrected chi connectivity index (χ1v) is 8.51. The molecule has 0 aliphatic heterocycles. The minimum atomic E-state index is -0.0667. The fourth-order valence-corrected chi connectivity index (χ4v) is 3.05. The van der Waals surface area contributed by atoms with Crippen LogP contribution in [0.15, 0.2) is 64.6 Å². The van der Waals surface area contributed by atoms with Crippen molar-refractivity contribution in [1.82, 2.24) is 14.6 Å². The van der Waals surface area contributed by atoms with Crippen LogP contribution in [0.2, 0.25) is 0 Å². The maximum atomic E-state index is 12.9. The van der Waals surface area contributed by atoms with Gasteiger partial charge in [0, 0.05) is 18.6 Å². The third kappa shape index (κ3) is 3.50. The van der Waals surface area contributed by atoms with Crippen LogP contribution in [0.1, 0.15) is 11.3 Å². The molecule has 3 aromatic rings. The van der Waals surface area contributed by atoms with Crippen molar-refractivity contribution in [3.05, 3.63) is 81.3 Å². The molecule has 0 bridgehead atoms. The van der Waals surface area contributed by atoms with Crippen molar-refractivity contribution in [2.45, 2.75) is 6.54 Å². The van der Waals surface area contributed by atoms with E-state index in [1.807, 2.05) is 53.2 Å². The van der Waals surface area contributed by atoms with E-state index in [1.165, 1.54) is 12.2 Å². The molecule has 128 valence electrons. The Kier molecular flexibility index (Phi) is 5.01. The highest BCUT2D eigenvalue weighted by Crippen LogP contribution is 2.19. The quantitative estimate of drug-likeness (QED) is 0.485. The maximum Gasteiger partial charge on any atom is 0.198 e. The van der Waals surface area contributed by atoms with E-state index in [4.69, 9.17) is 4.84 Å². The molecule has 2 aromatic heterocycles. The highest BCUT2D eigenvalue weighted by molar-refractivity contribution is 9.10. The van der Waals surface area contributed by atoms with Gasteiger partial charge in [-0.05, 0) is 40.2 Å². The van der Waals surface area contributed by atoms with E-state index in [0.717, 1.165) is 15.8 Å². The van der Waals surface area contributed by atoms with Gasteiger partial charge < -0.3 is 4.57 Å². The van der Waals surface area contributed by atoms with Gasteiger partial charge in [0.05, 0.1) is 36.1 Å². The number of halogens is 1. The van der Waals surface area contributed by atoms with E-state index in [1.54, 1.807) is 7.05 Å². The number of pyridine rings is 2. The summed E-state index contributed by atoms with van der Waals surface area (Å²) in [6.45, 7) is 4.53. The lowest BCUT2D eigenvalue weighted by atomic mass is 10.1. The van der Waals surface area contributed by atoms with Crippen molar-refractivity contribution in [2.75, 3.05) is 14.2 Å². The van der Waals surface area contributed by atoms with Gasteiger partial charge in [-0.1, -0.05) is 24.8 Å². The minimum absolute atomic E-state index is 0.0667. The monoisotopic (exact) mass is 399 g/mol. The Labute approximate surface area is 154 Å². The number of hydrogen-bond acceptors (Lipinski definition) is 4. The molecule has 0 amide bonds. The van der Waals surface area contributed by atoms with E-state index in [0.29, 0.717) is 23.2 Å². The van der Waals surface area contributed by atoms with Crippen LogP contribution >= 0.6 is 15.9 Å². The van der Waals surface area contributed by atoms with Gasteiger partial charge in [-0.2, -0.15) is 0 Å². The largest absolute Gasteiger partial charge is 0.341 e. The first-order chi connectivity index (χ1) is 12.0. The highest BCUT2D eigenvalue weighted by atomic mass is 79.9. The lowest BCUT2D eigenvalue weighted by molar-refractivity contribution is -0.0525. The molecule has 0 radical (unpaired) electrons. The second kappa shape index (κ2) is 7.21. The van der Waals surface area contributed by atoms with Crippen LogP contribution in [0.25, 0.3) is 16.6 Å². The molecule has 0 aliphatic rings. The van der Waals surface area contributed by atoms with Gasteiger partial charge in [-0.15, -0.1) is 0 Å². The number of para-hydroxylation sites is 1. The average Bonchev–Trinajstić information content (AvgIpc) is 2.63. The van der Waals surface area contributed by atoms with E-state index in [2.05, 4.69) is 27.5 Å². The predicted octanol–water partition coefficient (Wildman–Crippen LogP) is 3.67. The first kappa shape index (κ1) is 17.4. The van der Waals surface area contributed by atoms with Crippen molar-refractivity contribution in [2.24, 2.45) is 0 Å². The Morgan fingerprint density at radius 2 is 2.04 bits per heavy atom. The average molecular weight is 400 g/mol. The van der Waals surface area contributed by atoms with Gasteiger partial charge in [0.2, 0.25) is 0 Å². The van der Waals surface area contributed by atoms with Crippen LogP contribution in [0.5, 0.6) is 0 Å². The van der Waals surface area contributed by atoms with Gasteiger partial charge in [-0.3, -0.25) is 14.7 Å². The Bertz CT molecular complexity index is 997. The summed E-state index contributed by atoms with van der Waals surface area (Å²) in [4.78, 5) is 22.5. The summed E-state index contributed by atoms with van der Waals surface area (Å²) < 4.78 is 2.79. The summed E-state index contributed by atoms with van der Waals surface area (Å²) in [5.74, 6) is 0. The van der Waals surface area contributed by atoms with Crippen molar-refractivity contribution in [3.63, 3.8) is 0 Å². The van der Waals surface area contributed by atoms with Crippen LogP contribution in [0.3, 0.4) is 0 Å². The van der Waals surface area contributed by atoms with Crippen molar-refractivity contribution in [3.8, 4) is 0 Å². The normalized spacial score (nSPS) is 10.8. The smallest absolute Gasteiger partial charge is 0.198 e. The lowest BCUT2D eigenvalue weighted by Gasteiger charge is -2.20. The molecular formula is C19H18BrN3O2. The lowest BCUT2D eigenvalue weighted by Crippen LogP contribution is -2.22. The van der Waals surface area contributed by atoms with E-state index >= 15 is 0 Å². The number of aromatic nitrogens is 2. The fourth-order valence-electron chi connectivity index (χ4n) is 2.67. The molecule has 0 fully saturated rings. The Morgan fingerprint density at radius 1 is 1.28 bits per heavy atom. The number of rotatable bonds is 5. The predicted molar refractivity (Wildman–Crippen MR) is 103 cm³/mol. The number of fused-ring (bicyclic) bond motifs is 1. The number of hydroxylamine groups is 2. The summed E-state index contributed by atoms with van der Waals surface area (Å²) in [5.41, 5.74) is 2.68. The van der Waals surface area contributed by atoms with Crippen LogP contribution in [0.4, 0.5) is 0 Å². The summed E-state index contributed by atoms with van der Waals surface area (Å²) in [6, 6.07) is 13.3. The molecule has 25 heavy (non-hydrogen) atoms. The molecule has 0 aliphatic carbocycles. The van der Waals surface area contributed by atoms with Gasteiger partial charge in [0.15, 0.2) is 5.43 Å². The Balaban J connectivity index is 2.18. The molecule has 0 atom stereocenters. The zero-order valence-electron chi connectivity index (χ0n) is 14.1. The number of benzene rings is 1. The van der Waals surface area contributed by atoms with Crippen molar-refractivity contribution in [1.29, 1.82) is 0 Å². The van der Waals surface area contributed by atoms with Crippen LogP contribution in [-0.2, 0) is 11.4 Å². The zero-order chi connectivity index (χ0) is 18.0. The van der Waals surface area contributed by atoms with E-state index < -0.39 is 0 Å². The Hall–Kier alpha value is -2.44. The van der Waals surface area contributed by atoms with Crippen LogP contribution in [-0.4, -0.2) is 28.8 Å².